The van der Waals surface area contributed by atoms with Gasteiger partial charge in [0.2, 0.25) is 70.9 Å². The van der Waals surface area contributed by atoms with Crippen LogP contribution in [0.25, 0.3) is 0 Å². The first-order chi connectivity index (χ1) is 44.0. The second-order valence-electron chi connectivity index (χ2n) is 28.4. The Morgan fingerprint density at radius 2 is 1.29 bits per heavy atom. The Balaban J connectivity index is 1.62. The topological polar surface area (TPSA) is 279 Å². The molecular formula is C69H109IN12O12. The van der Waals surface area contributed by atoms with E-state index >= 15 is 4.79 Å². The van der Waals surface area contributed by atoms with Crippen molar-refractivity contribution in [2.75, 3.05) is 68.5 Å². The summed E-state index contributed by atoms with van der Waals surface area (Å²) in [4.78, 5) is 188. The molecule has 3 aliphatic heterocycles. The second-order valence-corrected chi connectivity index (χ2v) is 29.6. The summed E-state index contributed by atoms with van der Waals surface area (Å²) in [5, 5.41) is 11.5. The van der Waals surface area contributed by atoms with Gasteiger partial charge in [-0.25, -0.2) is 0 Å². The highest BCUT2D eigenvalue weighted by Crippen LogP contribution is 2.32. The number of likely N-dealkylation sites (N-methyl/N-ethyl adjacent to an activating group) is 6. The van der Waals surface area contributed by atoms with E-state index in [1.807, 2.05) is 46.8 Å². The van der Waals surface area contributed by atoms with Crippen LogP contribution in [0.15, 0.2) is 36.4 Å². The van der Waals surface area contributed by atoms with E-state index in [1.165, 1.54) is 90.4 Å². The van der Waals surface area contributed by atoms with Crippen molar-refractivity contribution < 1.29 is 57.5 Å². The largest absolute Gasteiger partial charge is 0.342 e. The van der Waals surface area contributed by atoms with Gasteiger partial charge in [0.1, 0.15) is 59.9 Å². The van der Waals surface area contributed by atoms with Crippen LogP contribution in [0.1, 0.15) is 165 Å². The number of hydrogen-bond acceptors (Lipinski definition) is 12. The van der Waals surface area contributed by atoms with Crippen LogP contribution in [0.4, 0.5) is 0 Å². The van der Waals surface area contributed by atoms with Crippen molar-refractivity contribution in [1.82, 2.24) is 60.5 Å². The van der Waals surface area contributed by atoms with Gasteiger partial charge in [-0.15, -0.1) is 6.58 Å². The van der Waals surface area contributed by atoms with Crippen LogP contribution >= 0.6 is 22.6 Å². The summed E-state index contributed by atoms with van der Waals surface area (Å²) in [5.74, 6) is -8.27. The summed E-state index contributed by atoms with van der Waals surface area (Å²) in [6.07, 6.45) is 6.39. The summed E-state index contributed by atoms with van der Waals surface area (Å²) in [5.41, 5.74) is -0.535. The van der Waals surface area contributed by atoms with Gasteiger partial charge in [0.15, 0.2) is 0 Å². The number of halogens is 1. The van der Waals surface area contributed by atoms with Crippen molar-refractivity contribution in [3.05, 3.63) is 45.6 Å². The second kappa shape index (κ2) is 34.8. The molecule has 0 radical (unpaired) electrons. The first-order valence-electron chi connectivity index (χ1n) is 33.8. The number of nitrogens with zero attached hydrogens (tertiary/aromatic N) is 8. The minimum absolute atomic E-state index is 0.0345. The lowest BCUT2D eigenvalue weighted by molar-refractivity contribution is -0.160. The smallest absolute Gasteiger partial charge is 0.246 e. The highest BCUT2D eigenvalue weighted by Gasteiger charge is 2.47. The minimum atomic E-state index is -1.71. The zero-order valence-corrected chi connectivity index (χ0v) is 61.0. The molecule has 1 aliphatic carbocycles. The Hall–Kier alpha value is -6.67. The number of carbonyl (C=O) groups is 12. The van der Waals surface area contributed by atoms with Gasteiger partial charge in [0, 0.05) is 71.9 Å². The summed E-state index contributed by atoms with van der Waals surface area (Å²) in [6.45, 7) is 21.8. The molecule has 4 fully saturated rings. The standard InChI is InChI=1S/C69H109IN12O12/c1-18-44(8)58-67(93)76(13)45(9)61(87)82-32-29-52(82)65(91)79(16)54(38-46-25-20-21-26-46)64(90)75(12)40-56(83)71-49(37-47-27-24-28-48(70)36-47)59(85)72-51(34-42(4)5)63(89)80(17)69(10,11)68(94)73-50(33-41(2)3)62(88)78(15)55(66(92)81-30-22-19-23-31-81)39-57(84)77(14)53(35-43(6)7)60(86)74-58/h24,27-28,36,41,43-46,49-55,58H,4,18-23,25-26,29-35,37-40H2,1-3,5-17H3,(H,71,83)(H,72,85)(H,73,94)(H,74,86)/t44-,45-,49-,50-,51-,52-,53-,54-,55-,58-/m0/s1. The van der Waals surface area contributed by atoms with Gasteiger partial charge in [-0.05, 0) is 143 Å². The van der Waals surface area contributed by atoms with Crippen molar-refractivity contribution >= 4 is 93.5 Å². The third-order valence-electron chi connectivity index (χ3n) is 19.7. The molecule has 4 aliphatic rings. The van der Waals surface area contributed by atoms with Gasteiger partial charge in [-0.3, -0.25) is 57.5 Å². The summed E-state index contributed by atoms with van der Waals surface area (Å²) in [6, 6.07) is -3.51. The van der Waals surface area contributed by atoms with E-state index in [0.717, 1.165) is 35.7 Å². The van der Waals surface area contributed by atoms with Crippen molar-refractivity contribution in [3.63, 3.8) is 0 Å². The fourth-order valence-corrected chi connectivity index (χ4v) is 13.5. The van der Waals surface area contributed by atoms with Gasteiger partial charge >= 0.3 is 0 Å². The molecule has 10 atom stereocenters. The molecule has 3 saturated heterocycles. The fourth-order valence-electron chi connectivity index (χ4n) is 12.9. The fraction of sp³-hybridized carbons (Fsp3) is 0.710. The number of rotatable bonds is 13. The Bertz CT molecular complexity index is 2930. The van der Waals surface area contributed by atoms with E-state index in [0.29, 0.717) is 49.9 Å². The van der Waals surface area contributed by atoms with Crippen LogP contribution in [-0.4, -0.2) is 238 Å². The lowest BCUT2D eigenvalue weighted by Gasteiger charge is -2.45. The maximum Gasteiger partial charge on any atom is 0.246 e. The van der Waals surface area contributed by atoms with Gasteiger partial charge in [-0.1, -0.05) is 91.4 Å². The van der Waals surface area contributed by atoms with Crippen LogP contribution in [0.5, 0.6) is 0 Å². The zero-order chi connectivity index (χ0) is 70.4. The monoisotopic (exact) mass is 1420 g/mol. The van der Waals surface area contributed by atoms with Gasteiger partial charge in [-0.2, -0.15) is 0 Å². The molecule has 0 unspecified atom stereocenters. The number of piperidine rings is 1. The third-order valence-corrected chi connectivity index (χ3v) is 20.4. The molecule has 12 amide bonds. The maximum absolute atomic E-state index is 15.2. The van der Waals surface area contributed by atoms with E-state index in [1.54, 1.807) is 37.8 Å². The molecule has 1 aromatic carbocycles. The summed E-state index contributed by atoms with van der Waals surface area (Å²) >= 11 is 2.14. The summed E-state index contributed by atoms with van der Waals surface area (Å²) in [7, 11) is 8.67. The molecule has 25 heteroatoms. The normalized spacial score (nSPS) is 27.1. The first kappa shape index (κ1) is 78.0. The average Bonchev–Trinajstić information content (AvgIpc) is 0.827. The molecule has 3 heterocycles. The van der Waals surface area contributed by atoms with Gasteiger partial charge < -0.3 is 60.5 Å². The quantitative estimate of drug-likeness (QED) is 0.157. The SMILES string of the molecule is C=C(C)C[C@@H]1NC(=O)[C@H](Cc2cccc(I)c2)NC(=O)CN(C)C(=O)[C@H](CC2CCCC2)N(C)C(=O)[C@@H]2CCN2C(=O)[C@H](C)N(C)C(=O)[C@H]([C@@H](C)CC)NC(=O)[C@H](CC(C)C)N(C)C(=O)C[C@@H](C(=O)N2CCCCC2)N(C)C(=O)[C@H](CC(C)C)NC(=O)C(C)(C)N(C)C1=O. The molecule has 524 valence electrons. The van der Waals surface area contributed by atoms with Crippen LogP contribution in [0.3, 0.4) is 0 Å². The number of fused-ring (bicyclic) bond motifs is 1. The Morgan fingerprint density at radius 1 is 0.660 bits per heavy atom. The van der Waals surface area contributed by atoms with E-state index in [9.17, 15) is 52.7 Å². The van der Waals surface area contributed by atoms with Gasteiger partial charge in [0.25, 0.3) is 0 Å². The molecule has 0 bridgehead atoms. The van der Waals surface area contributed by atoms with E-state index in [-0.39, 0.29) is 56.4 Å². The molecule has 1 saturated carbocycles. The van der Waals surface area contributed by atoms with E-state index in [4.69, 9.17) is 0 Å². The molecule has 24 nitrogen and oxygen atoms in total. The number of likely N-dealkylation sites (tertiary alicyclic amines) is 1. The molecule has 5 rings (SSSR count). The van der Waals surface area contributed by atoms with Crippen molar-refractivity contribution in [2.24, 2.45) is 23.7 Å². The first-order valence-corrected chi connectivity index (χ1v) is 34.9. The Kier molecular flexibility index (Phi) is 28.9. The molecule has 4 N–H and O–H groups in total. The molecule has 94 heavy (non-hydrogen) atoms. The van der Waals surface area contributed by atoms with Crippen molar-refractivity contribution in [1.29, 1.82) is 0 Å². The number of hydrogen-bond donors (Lipinski definition) is 4. The number of carbonyl (C=O) groups excluding carboxylic acids is 12. The maximum atomic E-state index is 15.2. The van der Waals surface area contributed by atoms with Crippen LogP contribution in [0, 0.1) is 27.2 Å². The molecule has 0 spiro atoms. The van der Waals surface area contributed by atoms with Crippen molar-refractivity contribution in [2.45, 2.75) is 225 Å². The van der Waals surface area contributed by atoms with Crippen LogP contribution in [-0.2, 0) is 64.0 Å². The van der Waals surface area contributed by atoms with Crippen LogP contribution < -0.4 is 21.3 Å². The van der Waals surface area contributed by atoms with E-state index in [2.05, 4.69) is 50.4 Å². The molecular weight excluding hydrogens is 1320 g/mol. The lowest BCUT2D eigenvalue weighted by atomic mass is 9.94. The number of benzene rings is 1. The predicted octanol–water partition coefficient (Wildman–Crippen LogP) is 4.50. The third kappa shape index (κ3) is 20.2. The average molecular weight is 1430 g/mol. The number of amides is 12. The zero-order valence-electron chi connectivity index (χ0n) is 58.8. The predicted molar refractivity (Wildman–Crippen MR) is 367 cm³/mol. The Morgan fingerprint density at radius 3 is 1.85 bits per heavy atom. The molecule has 0 aromatic heterocycles. The lowest BCUT2D eigenvalue weighted by Crippen LogP contribution is -2.65. The van der Waals surface area contributed by atoms with Gasteiger partial charge in [0.05, 0.1) is 13.0 Å². The Labute approximate surface area is 571 Å². The highest BCUT2D eigenvalue weighted by atomic mass is 127. The van der Waals surface area contributed by atoms with Crippen molar-refractivity contribution in [3.8, 4) is 0 Å². The highest BCUT2D eigenvalue weighted by molar-refractivity contribution is 14.1. The summed E-state index contributed by atoms with van der Waals surface area (Å²) < 4.78 is 0.854. The minimum Gasteiger partial charge on any atom is -0.342 e. The molecule has 1 aromatic rings. The number of nitrogens with one attached hydrogen (secondary N) is 4. The van der Waals surface area contributed by atoms with Crippen LogP contribution in [0.2, 0.25) is 0 Å². The van der Waals surface area contributed by atoms with E-state index < -0.39 is 150 Å².